The molecule has 4 aromatic rings. The Morgan fingerprint density at radius 1 is 1.03 bits per heavy atom. The zero-order valence-corrected chi connectivity index (χ0v) is 20.6. The highest BCUT2D eigenvalue weighted by Crippen LogP contribution is 2.32. The number of phenols is 2. The van der Waals surface area contributed by atoms with Crippen LogP contribution in [0.5, 0.6) is 23.1 Å². The molecule has 9 nitrogen and oxygen atoms in total. The van der Waals surface area contributed by atoms with Crippen molar-refractivity contribution in [1.29, 1.82) is 0 Å². The molecule has 1 atom stereocenters. The highest BCUT2D eigenvalue weighted by molar-refractivity contribution is 5.77. The molecule has 4 rings (SSSR count). The molecule has 9 heteroatoms. The lowest BCUT2D eigenvalue weighted by Crippen LogP contribution is -2.30. The second kappa shape index (κ2) is 11.0. The van der Waals surface area contributed by atoms with Gasteiger partial charge in [-0.1, -0.05) is 24.3 Å². The summed E-state index contributed by atoms with van der Waals surface area (Å²) in [5.74, 6) is -1.30. The molecule has 192 valence electrons. The van der Waals surface area contributed by atoms with E-state index in [2.05, 4.69) is 10.3 Å². The van der Waals surface area contributed by atoms with Crippen LogP contribution in [0, 0.1) is 0 Å². The maximum atomic E-state index is 13.4. The summed E-state index contributed by atoms with van der Waals surface area (Å²) in [4.78, 5) is 30.5. The number of hydrogen-bond donors (Lipinski definition) is 4. The molecule has 2 heterocycles. The number of aromatic hydroxyl groups is 3. The Kier molecular flexibility index (Phi) is 7.62. The van der Waals surface area contributed by atoms with Gasteiger partial charge in [-0.2, -0.15) is 4.98 Å². The van der Waals surface area contributed by atoms with Gasteiger partial charge in [0.15, 0.2) is 11.5 Å². The van der Waals surface area contributed by atoms with Crippen molar-refractivity contribution >= 4 is 11.6 Å². The Balaban J connectivity index is 1.60. The highest BCUT2D eigenvalue weighted by atomic mass is 16.5. The number of carbonyl (C=O) groups is 1. The summed E-state index contributed by atoms with van der Waals surface area (Å²) < 4.78 is 7.05. The zero-order valence-electron chi connectivity index (χ0n) is 20.6. The van der Waals surface area contributed by atoms with E-state index in [0.29, 0.717) is 23.4 Å². The predicted octanol–water partition coefficient (Wildman–Crippen LogP) is 3.48. The molecule has 4 N–H and O–H groups in total. The van der Waals surface area contributed by atoms with Crippen LogP contribution in [0.2, 0.25) is 0 Å². The summed E-state index contributed by atoms with van der Waals surface area (Å²) >= 11 is 0. The molecule has 0 aliphatic rings. The van der Waals surface area contributed by atoms with Crippen LogP contribution in [0.25, 0.3) is 5.65 Å². The predicted molar refractivity (Wildman–Crippen MR) is 138 cm³/mol. The topological polar surface area (TPSA) is 133 Å². The molecule has 0 saturated carbocycles. The number of aromatic nitrogens is 2. The number of rotatable bonds is 9. The van der Waals surface area contributed by atoms with E-state index < -0.39 is 17.4 Å². The van der Waals surface area contributed by atoms with Crippen molar-refractivity contribution in [2.45, 2.75) is 38.7 Å². The van der Waals surface area contributed by atoms with E-state index in [4.69, 9.17) is 4.74 Å². The van der Waals surface area contributed by atoms with Crippen LogP contribution in [0.1, 0.15) is 42.9 Å². The van der Waals surface area contributed by atoms with E-state index in [1.807, 2.05) is 13.8 Å². The summed E-state index contributed by atoms with van der Waals surface area (Å²) in [6.45, 7) is 4.11. The lowest BCUT2D eigenvalue weighted by Gasteiger charge is -2.19. The average molecular weight is 504 g/mol. The number of hydrogen-bond acceptors (Lipinski definition) is 7. The Labute approximate surface area is 213 Å². The van der Waals surface area contributed by atoms with Crippen molar-refractivity contribution in [2.75, 3.05) is 6.54 Å². The minimum atomic E-state index is -0.761. The molecule has 0 aliphatic carbocycles. The van der Waals surface area contributed by atoms with E-state index in [0.717, 1.165) is 5.56 Å². The third-order valence-electron chi connectivity index (χ3n) is 5.92. The molecular formula is C28H29N3O6. The molecule has 0 bridgehead atoms. The summed E-state index contributed by atoms with van der Waals surface area (Å²) in [6.07, 6.45) is 1.88. The Hall–Kier alpha value is -4.53. The molecule has 0 fully saturated rings. The molecule has 37 heavy (non-hydrogen) atoms. The lowest BCUT2D eigenvalue weighted by molar-refractivity contribution is -0.121. The van der Waals surface area contributed by atoms with Gasteiger partial charge in [-0.05, 0) is 67.8 Å². The van der Waals surface area contributed by atoms with Gasteiger partial charge in [-0.15, -0.1) is 0 Å². The van der Waals surface area contributed by atoms with Crippen LogP contribution in [0.4, 0.5) is 0 Å². The summed E-state index contributed by atoms with van der Waals surface area (Å²) in [5, 5.41) is 32.7. The number of amides is 1. The number of nitrogens with one attached hydrogen (secondary N) is 1. The number of benzene rings is 2. The van der Waals surface area contributed by atoms with Gasteiger partial charge in [0.25, 0.3) is 5.56 Å². The van der Waals surface area contributed by atoms with E-state index in [-0.39, 0.29) is 42.0 Å². The van der Waals surface area contributed by atoms with Crippen molar-refractivity contribution in [2.24, 2.45) is 0 Å². The number of fused-ring (bicyclic) bond motifs is 1. The standard InChI is InChI=1S/C28H29N3O6/c1-17(2)37-20-9-7-19(8-10-20)21(26-27(35)30-24-5-3-4-14-31(24)28(26)36)16-25(34)29-13-12-18-6-11-22(32)23(33)15-18/h3-11,14-15,17,21,32-33,35H,12-13,16H2,1-2H3,(H,29,34)/t21-/m0/s1. The van der Waals surface area contributed by atoms with E-state index >= 15 is 0 Å². The van der Waals surface area contributed by atoms with Crippen molar-refractivity contribution in [3.05, 3.63) is 93.9 Å². The third-order valence-corrected chi connectivity index (χ3v) is 5.92. The molecule has 0 aliphatic heterocycles. The first-order valence-corrected chi connectivity index (χ1v) is 12.0. The van der Waals surface area contributed by atoms with Crippen molar-refractivity contribution in [3.63, 3.8) is 0 Å². The molecule has 0 saturated heterocycles. The van der Waals surface area contributed by atoms with Gasteiger partial charge in [-0.3, -0.25) is 14.0 Å². The second-order valence-electron chi connectivity index (χ2n) is 9.00. The summed E-state index contributed by atoms with van der Waals surface area (Å²) in [7, 11) is 0. The summed E-state index contributed by atoms with van der Waals surface area (Å²) in [5.41, 5.74) is 1.26. The van der Waals surface area contributed by atoms with Gasteiger partial charge in [0.05, 0.1) is 11.7 Å². The maximum Gasteiger partial charge on any atom is 0.265 e. The first-order valence-electron chi connectivity index (χ1n) is 12.0. The van der Waals surface area contributed by atoms with Gasteiger partial charge in [-0.25, -0.2) is 0 Å². The number of nitrogens with zero attached hydrogens (tertiary/aromatic N) is 2. The second-order valence-corrected chi connectivity index (χ2v) is 9.00. The van der Waals surface area contributed by atoms with Crippen molar-refractivity contribution < 1.29 is 24.9 Å². The average Bonchev–Trinajstić information content (AvgIpc) is 2.86. The molecule has 2 aromatic heterocycles. The Morgan fingerprint density at radius 3 is 2.49 bits per heavy atom. The highest BCUT2D eigenvalue weighted by Gasteiger charge is 2.26. The molecule has 1 amide bonds. The lowest BCUT2D eigenvalue weighted by atomic mass is 9.89. The smallest absolute Gasteiger partial charge is 0.265 e. The molecule has 0 unspecified atom stereocenters. The molecule has 2 aromatic carbocycles. The van der Waals surface area contributed by atoms with Gasteiger partial charge < -0.3 is 25.4 Å². The van der Waals surface area contributed by atoms with Gasteiger partial charge >= 0.3 is 0 Å². The van der Waals surface area contributed by atoms with Crippen LogP contribution < -0.4 is 15.6 Å². The fraction of sp³-hybridized carbons (Fsp3) is 0.250. The van der Waals surface area contributed by atoms with Crippen molar-refractivity contribution in [3.8, 4) is 23.1 Å². The fourth-order valence-electron chi connectivity index (χ4n) is 4.16. The minimum Gasteiger partial charge on any atom is -0.504 e. The summed E-state index contributed by atoms with van der Waals surface area (Å²) in [6, 6.07) is 16.6. The molecule has 0 spiro atoms. The zero-order chi connectivity index (χ0) is 26.5. The first kappa shape index (κ1) is 25.6. The van der Waals surface area contributed by atoms with Crippen LogP contribution in [-0.2, 0) is 11.2 Å². The monoisotopic (exact) mass is 503 g/mol. The normalized spacial score (nSPS) is 12.0. The molecular weight excluding hydrogens is 474 g/mol. The van der Waals surface area contributed by atoms with Crippen LogP contribution in [0.15, 0.2) is 71.7 Å². The maximum absolute atomic E-state index is 13.4. The SMILES string of the molecule is CC(C)Oc1ccc([C@H](CC(=O)NCCc2ccc(O)c(O)c2)c2c(O)nc3ccccn3c2=O)cc1. The number of carbonyl (C=O) groups excluding carboxylic acids is 1. The van der Waals surface area contributed by atoms with Gasteiger partial charge in [0.1, 0.15) is 11.4 Å². The van der Waals surface area contributed by atoms with Gasteiger partial charge in [0, 0.05) is 25.1 Å². The van der Waals surface area contributed by atoms with E-state index in [1.54, 1.807) is 54.7 Å². The molecule has 0 radical (unpaired) electrons. The third kappa shape index (κ3) is 6.00. The first-order chi connectivity index (χ1) is 17.7. The van der Waals surface area contributed by atoms with Crippen LogP contribution >= 0.6 is 0 Å². The van der Waals surface area contributed by atoms with Crippen LogP contribution in [0.3, 0.4) is 0 Å². The Bertz CT molecular complexity index is 1460. The fourth-order valence-corrected chi connectivity index (χ4v) is 4.16. The number of phenolic OH excluding ortho intramolecular Hbond substituents is 2. The largest absolute Gasteiger partial charge is 0.504 e. The van der Waals surface area contributed by atoms with Crippen LogP contribution in [-0.4, -0.2) is 43.3 Å². The van der Waals surface area contributed by atoms with E-state index in [9.17, 15) is 24.9 Å². The minimum absolute atomic E-state index is 0.0127. The van der Waals surface area contributed by atoms with Crippen molar-refractivity contribution in [1.82, 2.24) is 14.7 Å². The van der Waals surface area contributed by atoms with E-state index in [1.165, 1.54) is 16.5 Å². The van der Waals surface area contributed by atoms with Gasteiger partial charge in [0.2, 0.25) is 11.8 Å². The number of pyridine rings is 1. The Morgan fingerprint density at radius 2 is 1.78 bits per heavy atom. The number of ether oxygens (including phenoxy) is 1. The quantitative estimate of drug-likeness (QED) is 0.257.